The second-order valence-electron chi connectivity index (χ2n) is 13.2. The number of anilines is 2. The molecule has 0 saturated heterocycles. The number of thiophene rings is 1. The molecule has 5 aromatic rings. The number of amides is 3. The molecule has 4 aromatic carbocycles. The fraction of sp³-hybridized carbons (Fsp3) is 0.244. The third-order valence-electron chi connectivity index (χ3n) is 9.34. The molecule has 3 amide bonds. The first-order valence-corrected chi connectivity index (χ1v) is 20.5. The van der Waals surface area contributed by atoms with Crippen LogP contribution < -0.4 is 25.4 Å². The van der Waals surface area contributed by atoms with Crippen LogP contribution in [0.3, 0.4) is 0 Å². The number of para-hydroxylation sites is 1. The summed E-state index contributed by atoms with van der Waals surface area (Å²) >= 11 is 2.78. The van der Waals surface area contributed by atoms with Crippen molar-refractivity contribution in [2.45, 2.75) is 55.6 Å². The smallest absolute Gasteiger partial charge is 0.341 e. The molecular weight excluding hydrogens is 759 g/mol. The van der Waals surface area contributed by atoms with Crippen LogP contribution in [0.5, 0.6) is 11.5 Å². The Morgan fingerprint density at radius 2 is 1.53 bits per heavy atom. The molecule has 294 valence electrons. The predicted octanol–water partition coefficient (Wildman–Crippen LogP) is 9.48. The van der Waals surface area contributed by atoms with E-state index in [4.69, 9.17) is 14.2 Å². The van der Waals surface area contributed by atoms with Gasteiger partial charge in [-0.05, 0) is 86.2 Å². The maximum atomic E-state index is 14.3. The molecule has 6 rings (SSSR count). The Morgan fingerprint density at radius 3 is 2.25 bits per heavy atom. The summed E-state index contributed by atoms with van der Waals surface area (Å²) in [7, 11) is 3.02. The van der Waals surface area contributed by atoms with Crippen LogP contribution in [0.25, 0.3) is 6.08 Å². The Labute approximate surface area is 341 Å². The zero-order valence-corrected chi connectivity index (χ0v) is 33.7. The maximum Gasteiger partial charge on any atom is 0.341 e. The summed E-state index contributed by atoms with van der Waals surface area (Å²) in [6.07, 6.45) is 7.40. The topological polar surface area (TPSA) is 132 Å². The van der Waals surface area contributed by atoms with Gasteiger partial charge in [-0.2, -0.15) is 0 Å². The van der Waals surface area contributed by atoms with Gasteiger partial charge in [0, 0.05) is 26.6 Å². The van der Waals surface area contributed by atoms with Crippen molar-refractivity contribution in [1.82, 2.24) is 5.32 Å². The maximum absolute atomic E-state index is 14.3. The van der Waals surface area contributed by atoms with Gasteiger partial charge in [-0.15, -0.1) is 23.1 Å². The molecule has 0 bridgehead atoms. The van der Waals surface area contributed by atoms with Gasteiger partial charge in [0.05, 0.1) is 26.4 Å². The minimum Gasteiger partial charge on any atom is -0.493 e. The van der Waals surface area contributed by atoms with Crippen LogP contribution in [0.1, 0.15) is 80.1 Å². The lowest BCUT2D eigenvalue weighted by atomic mass is 9.96. The van der Waals surface area contributed by atoms with E-state index in [2.05, 4.69) is 16.0 Å². The number of benzene rings is 4. The van der Waals surface area contributed by atoms with Gasteiger partial charge in [-0.25, -0.2) is 4.79 Å². The first-order chi connectivity index (χ1) is 27.8. The van der Waals surface area contributed by atoms with Gasteiger partial charge in [0.15, 0.2) is 11.5 Å². The van der Waals surface area contributed by atoms with Crippen molar-refractivity contribution >= 4 is 63.6 Å². The summed E-state index contributed by atoms with van der Waals surface area (Å²) in [4.78, 5) is 56.8. The van der Waals surface area contributed by atoms with E-state index in [1.807, 2.05) is 36.4 Å². The molecule has 57 heavy (non-hydrogen) atoms. The summed E-state index contributed by atoms with van der Waals surface area (Å²) < 4.78 is 16.5. The molecule has 1 aliphatic rings. The summed E-state index contributed by atoms with van der Waals surface area (Å²) in [5, 5.41) is 8.61. The summed E-state index contributed by atoms with van der Waals surface area (Å²) in [6.45, 7) is 2.01. The highest BCUT2D eigenvalue weighted by molar-refractivity contribution is 8.00. The molecule has 0 spiro atoms. The Morgan fingerprint density at radius 1 is 0.807 bits per heavy atom. The number of ether oxygens (including phenoxy) is 3. The Bertz CT molecular complexity index is 2240. The van der Waals surface area contributed by atoms with E-state index >= 15 is 0 Å². The Kier molecular flexibility index (Phi) is 14.2. The third-order valence-corrected chi connectivity index (χ3v) is 11.8. The van der Waals surface area contributed by atoms with E-state index in [1.165, 1.54) is 43.4 Å². The highest BCUT2D eigenvalue weighted by Crippen LogP contribution is 2.41. The number of carbonyl (C=O) groups is 4. The molecule has 10 nitrogen and oxygen atoms in total. The van der Waals surface area contributed by atoms with E-state index < -0.39 is 23.0 Å². The van der Waals surface area contributed by atoms with E-state index in [1.54, 1.807) is 73.7 Å². The van der Waals surface area contributed by atoms with Crippen LogP contribution in [0, 0.1) is 0 Å². The first-order valence-electron chi connectivity index (χ1n) is 18.8. The molecule has 0 saturated carbocycles. The number of carbonyl (C=O) groups excluding carboxylic acids is 4. The van der Waals surface area contributed by atoms with Crippen LogP contribution in [0.4, 0.5) is 10.7 Å². The molecule has 0 radical (unpaired) electrons. The SMILES string of the molecule is CCOC(=O)c1c(NC(=O)C(Sc2cccc(NC(=O)/C(=C\c3cccc(OC)c3OC)NC(=O)c3ccccc3)c2)c2ccccc2)sc2c1CCCCCC2. The second kappa shape index (κ2) is 19.8. The molecule has 1 aromatic heterocycles. The lowest BCUT2D eigenvalue weighted by Gasteiger charge is -2.18. The largest absolute Gasteiger partial charge is 0.493 e. The fourth-order valence-corrected chi connectivity index (χ4v) is 8.97. The summed E-state index contributed by atoms with van der Waals surface area (Å²) in [5.74, 6) is -0.903. The van der Waals surface area contributed by atoms with Crippen LogP contribution in [0.15, 0.2) is 114 Å². The Balaban J connectivity index is 1.28. The average Bonchev–Trinajstić information content (AvgIpc) is 3.55. The number of rotatable bonds is 14. The van der Waals surface area contributed by atoms with Crippen LogP contribution >= 0.6 is 23.1 Å². The van der Waals surface area contributed by atoms with Crippen molar-refractivity contribution in [3.8, 4) is 11.5 Å². The van der Waals surface area contributed by atoms with E-state index in [0.717, 1.165) is 54.5 Å². The standard InChI is InChI=1S/C45H45N3O7S2/c1-4-55-45(52)38-34-24-13-5-6-14-26-37(34)57-44(38)48-43(51)40(29-17-9-7-10-18-29)56-33-23-16-22-32(28-33)46-42(50)35(47-41(49)30-19-11-8-12-20-30)27-31-21-15-25-36(53-2)39(31)54-3/h7-12,15-23,25,27-28,40H,4-6,13-14,24,26H2,1-3H3,(H,46,50)(H,47,49)(H,48,51)/b35-27+. The van der Waals surface area contributed by atoms with Crippen molar-refractivity contribution in [3.63, 3.8) is 0 Å². The van der Waals surface area contributed by atoms with Crippen LogP contribution in [-0.4, -0.2) is 44.5 Å². The Hall–Kier alpha value is -5.85. The van der Waals surface area contributed by atoms with Gasteiger partial charge in [-0.3, -0.25) is 14.4 Å². The van der Waals surface area contributed by atoms with Gasteiger partial charge in [-0.1, -0.05) is 79.6 Å². The van der Waals surface area contributed by atoms with Crippen molar-refractivity contribution in [2.75, 3.05) is 31.5 Å². The zero-order valence-electron chi connectivity index (χ0n) is 32.1. The van der Waals surface area contributed by atoms with Crippen LogP contribution in [-0.2, 0) is 27.2 Å². The third kappa shape index (κ3) is 10.3. The van der Waals surface area contributed by atoms with E-state index in [0.29, 0.717) is 43.8 Å². The fourth-order valence-electron chi connectivity index (χ4n) is 6.61. The second-order valence-corrected chi connectivity index (χ2v) is 15.5. The number of methoxy groups -OCH3 is 2. The summed E-state index contributed by atoms with van der Waals surface area (Å²) in [5.41, 5.74) is 3.51. The molecule has 0 fully saturated rings. The monoisotopic (exact) mass is 803 g/mol. The van der Waals surface area contributed by atoms with Gasteiger partial charge in [0.25, 0.3) is 11.8 Å². The minimum absolute atomic E-state index is 0.0301. The quantitative estimate of drug-likeness (QED) is 0.0575. The molecule has 0 aliphatic heterocycles. The lowest BCUT2D eigenvalue weighted by molar-refractivity contribution is -0.116. The first kappa shape index (κ1) is 40.8. The predicted molar refractivity (Wildman–Crippen MR) is 226 cm³/mol. The number of thioether (sulfide) groups is 1. The van der Waals surface area contributed by atoms with Crippen molar-refractivity contribution in [3.05, 3.63) is 142 Å². The number of nitrogens with one attached hydrogen (secondary N) is 3. The van der Waals surface area contributed by atoms with Gasteiger partial charge < -0.3 is 30.2 Å². The van der Waals surface area contributed by atoms with E-state index in [-0.39, 0.29) is 18.2 Å². The van der Waals surface area contributed by atoms with Crippen molar-refractivity contribution in [2.24, 2.45) is 0 Å². The van der Waals surface area contributed by atoms with Gasteiger partial charge >= 0.3 is 5.97 Å². The molecule has 1 unspecified atom stereocenters. The molecular formula is C45H45N3O7S2. The highest BCUT2D eigenvalue weighted by Gasteiger charge is 2.29. The zero-order chi connectivity index (χ0) is 40.1. The highest BCUT2D eigenvalue weighted by atomic mass is 32.2. The minimum atomic E-state index is -0.710. The number of fused-ring (bicyclic) bond motifs is 1. The number of hydrogen-bond donors (Lipinski definition) is 3. The van der Waals surface area contributed by atoms with E-state index in [9.17, 15) is 19.2 Å². The number of esters is 1. The number of hydrogen-bond acceptors (Lipinski definition) is 9. The molecule has 1 atom stereocenters. The normalized spacial score (nSPS) is 13.2. The number of aryl methyl sites for hydroxylation is 1. The molecule has 1 heterocycles. The average molecular weight is 804 g/mol. The van der Waals surface area contributed by atoms with Crippen LogP contribution in [0.2, 0.25) is 0 Å². The summed E-state index contributed by atoms with van der Waals surface area (Å²) in [6, 6.07) is 30.4. The van der Waals surface area contributed by atoms with Crippen molar-refractivity contribution < 1.29 is 33.4 Å². The van der Waals surface area contributed by atoms with Crippen molar-refractivity contribution in [1.29, 1.82) is 0 Å². The lowest BCUT2D eigenvalue weighted by Crippen LogP contribution is -2.30. The molecule has 1 aliphatic carbocycles. The molecule has 12 heteroatoms. The van der Waals surface area contributed by atoms with Gasteiger partial charge in [0.1, 0.15) is 15.9 Å². The van der Waals surface area contributed by atoms with Gasteiger partial charge in [0.2, 0.25) is 5.91 Å². The molecule has 3 N–H and O–H groups in total.